The number of nitrogens with zero attached hydrogens (tertiary/aromatic N) is 1. The fraction of sp³-hybridized carbons (Fsp3) is 0.643. The SMILES string of the molecule is Cc1cc(NC(=O)C(NC(=O)OC(C)(C)C)C(C)C)no1. The topological polar surface area (TPSA) is 93.5 Å². The zero-order chi connectivity index (χ0) is 16.2. The summed E-state index contributed by atoms with van der Waals surface area (Å²) in [6, 6.07) is 0.875. The molecule has 0 aliphatic heterocycles. The summed E-state index contributed by atoms with van der Waals surface area (Å²) in [6.07, 6.45) is -0.632. The van der Waals surface area contributed by atoms with Gasteiger partial charge in [-0.2, -0.15) is 0 Å². The van der Waals surface area contributed by atoms with Gasteiger partial charge in [0, 0.05) is 6.07 Å². The Morgan fingerprint density at radius 3 is 2.38 bits per heavy atom. The van der Waals surface area contributed by atoms with Gasteiger partial charge in [0.25, 0.3) is 0 Å². The molecule has 0 bridgehead atoms. The van der Waals surface area contributed by atoms with Crippen molar-refractivity contribution in [3.63, 3.8) is 0 Å². The van der Waals surface area contributed by atoms with Gasteiger partial charge < -0.3 is 19.9 Å². The lowest BCUT2D eigenvalue weighted by Gasteiger charge is -2.24. The molecule has 21 heavy (non-hydrogen) atoms. The number of rotatable bonds is 4. The maximum atomic E-state index is 12.2. The third-order valence-electron chi connectivity index (χ3n) is 2.50. The predicted molar refractivity (Wildman–Crippen MR) is 77.9 cm³/mol. The second-order valence-corrected chi connectivity index (χ2v) is 6.18. The summed E-state index contributed by atoms with van der Waals surface area (Å²) in [7, 11) is 0. The number of carbonyl (C=O) groups excluding carboxylic acids is 2. The molecule has 1 atom stereocenters. The normalized spacial score (nSPS) is 12.9. The van der Waals surface area contributed by atoms with E-state index in [0.717, 1.165) is 0 Å². The van der Waals surface area contributed by atoms with Gasteiger partial charge in [-0.1, -0.05) is 19.0 Å². The van der Waals surface area contributed by atoms with E-state index in [0.29, 0.717) is 11.6 Å². The second kappa shape index (κ2) is 6.60. The van der Waals surface area contributed by atoms with E-state index >= 15 is 0 Å². The molecule has 7 heteroatoms. The minimum absolute atomic E-state index is 0.106. The molecule has 1 rings (SSSR count). The highest BCUT2D eigenvalue weighted by Crippen LogP contribution is 2.12. The average Bonchev–Trinajstić information content (AvgIpc) is 2.68. The van der Waals surface area contributed by atoms with Crippen molar-refractivity contribution < 1.29 is 18.8 Å². The molecular formula is C14H23N3O4. The van der Waals surface area contributed by atoms with Crippen LogP contribution >= 0.6 is 0 Å². The third-order valence-corrected chi connectivity index (χ3v) is 2.50. The molecule has 0 radical (unpaired) electrons. The van der Waals surface area contributed by atoms with Gasteiger partial charge in [0.2, 0.25) is 5.91 Å². The predicted octanol–water partition coefficient (Wildman–Crippen LogP) is 2.47. The standard InChI is InChI=1S/C14H23N3O4/c1-8(2)11(16-13(19)20-14(4,5)6)12(18)15-10-7-9(3)21-17-10/h7-8,11H,1-6H3,(H,16,19)(H,15,17,18). The van der Waals surface area contributed by atoms with Gasteiger partial charge in [-0.15, -0.1) is 0 Å². The van der Waals surface area contributed by atoms with Crippen molar-refractivity contribution in [2.45, 2.75) is 53.2 Å². The number of anilines is 1. The van der Waals surface area contributed by atoms with E-state index in [9.17, 15) is 9.59 Å². The van der Waals surface area contributed by atoms with Crippen LogP contribution in [0.4, 0.5) is 10.6 Å². The van der Waals surface area contributed by atoms with Crippen LogP contribution in [-0.2, 0) is 9.53 Å². The van der Waals surface area contributed by atoms with E-state index in [2.05, 4.69) is 15.8 Å². The summed E-state index contributed by atoms with van der Waals surface area (Å²) in [5, 5.41) is 8.85. The second-order valence-electron chi connectivity index (χ2n) is 6.18. The van der Waals surface area contributed by atoms with Crippen LogP contribution in [0.2, 0.25) is 0 Å². The molecular weight excluding hydrogens is 274 g/mol. The summed E-state index contributed by atoms with van der Waals surface area (Å²) in [6.45, 7) is 10.7. The number of amides is 2. The van der Waals surface area contributed by atoms with Gasteiger partial charge in [-0.05, 0) is 33.6 Å². The first-order valence-electron chi connectivity index (χ1n) is 6.82. The van der Waals surface area contributed by atoms with Gasteiger partial charge in [0.15, 0.2) is 5.82 Å². The summed E-state index contributed by atoms with van der Waals surface area (Å²) in [5.41, 5.74) is -0.620. The van der Waals surface area contributed by atoms with Gasteiger partial charge >= 0.3 is 6.09 Å². The monoisotopic (exact) mass is 297 g/mol. The molecule has 0 saturated carbocycles. The first-order chi connectivity index (χ1) is 9.58. The lowest BCUT2D eigenvalue weighted by Crippen LogP contribution is -2.48. The van der Waals surface area contributed by atoms with Crippen molar-refractivity contribution in [2.24, 2.45) is 5.92 Å². The van der Waals surface area contributed by atoms with E-state index in [1.807, 2.05) is 13.8 Å². The van der Waals surface area contributed by atoms with Crippen LogP contribution in [0.25, 0.3) is 0 Å². The smallest absolute Gasteiger partial charge is 0.408 e. The highest BCUT2D eigenvalue weighted by atomic mass is 16.6. The number of nitrogens with one attached hydrogen (secondary N) is 2. The lowest BCUT2D eigenvalue weighted by atomic mass is 10.0. The Bertz CT molecular complexity index is 503. The minimum Gasteiger partial charge on any atom is -0.444 e. The van der Waals surface area contributed by atoms with Crippen molar-refractivity contribution in [1.82, 2.24) is 10.5 Å². The van der Waals surface area contributed by atoms with E-state index in [1.54, 1.807) is 33.8 Å². The fourth-order valence-corrected chi connectivity index (χ4v) is 1.60. The highest BCUT2D eigenvalue weighted by Gasteiger charge is 2.27. The van der Waals surface area contributed by atoms with Gasteiger partial charge in [-0.3, -0.25) is 4.79 Å². The molecule has 1 aromatic heterocycles. The molecule has 0 aliphatic rings. The Morgan fingerprint density at radius 1 is 1.33 bits per heavy atom. The molecule has 7 nitrogen and oxygen atoms in total. The third kappa shape index (κ3) is 5.85. The number of aryl methyl sites for hydroxylation is 1. The molecule has 0 fully saturated rings. The van der Waals surface area contributed by atoms with Crippen LogP contribution in [0.5, 0.6) is 0 Å². The van der Waals surface area contributed by atoms with Crippen molar-refractivity contribution in [2.75, 3.05) is 5.32 Å². The van der Waals surface area contributed by atoms with Gasteiger partial charge in [-0.25, -0.2) is 4.79 Å². The van der Waals surface area contributed by atoms with Crippen molar-refractivity contribution >= 4 is 17.8 Å². The molecule has 2 amide bonds. The number of hydrogen-bond acceptors (Lipinski definition) is 5. The zero-order valence-electron chi connectivity index (χ0n) is 13.3. The first-order valence-corrected chi connectivity index (χ1v) is 6.82. The van der Waals surface area contributed by atoms with Crippen molar-refractivity contribution in [3.05, 3.63) is 11.8 Å². The summed E-state index contributed by atoms with van der Waals surface area (Å²) in [4.78, 5) is 24.0. The molecule has 2 N–H and O–H groups in total. The number of hydrogen-bond donors (Lipinski definition) is 2. The van der Waals surface area contributed by atoms with E-state index in [-0.39, 0.29) is 11.8 Å². The Labute approximate surface area is 124 Å². The van der Waals surface area contributed by atoms with Gasteiger partial charge in [0.05, 0.1) is 0 Å². The van der Waals surface area contributed by atoms with E-state index in [4.69, 9.17) is 9.26 Å². The molecule has 1 heterocycles. The number of aromatic nitrogens is 1. The molecule has 0 spiro atoms. The van der Waals surface area contributed by atoms with Crippen LogP contribution < -0.4 is 10.6 Å². The number of carbonyl (C=O) groups is 2. The lowest BCUT2D eigenvalue weighted by molar-refractivity contribution is -0.119. The largest absolute Gasteiger partial charge is 0.444 e. The van der Waals surface area contributed by atoms with E-state index in [1.165, 1.54) is 0 Å². The maximum Gasteiger partial charge on any atom is 0.408 e. The quantitative estimate of drug-likeness (QED) is 0.890. The van der Waals surface area contributed by atoms with Crippen LogP contribution in [0, 0.1) is 12.8 Å². The van der Waals surface area contributed by atoms with Gasteiger partial charge in [0.1, 0.15) is 17.4 Å². The Balaban J connectivity index is 2.68. The first kappa shape index (κ1) is 17.0. The highest BCUT2D eigenvalue weighted by molar-refractivity contribution is 5.96. The van der Waals surface area contributed by atoms with Crippen LogP contribution in [0.1, 0.15) is 40.4 Å². The van der Waals surface area contributed by atoms with Crippen LogP contribution in [0.15, 0.2) is 10.6 Å². The molecule has 1 aromatic rings. The Kier molecular flexibility index (Phi) is 5.34. The zero-order valence-corrected chi connectivity index (χ0v) is 13.3. The minimum atomic E-state index is -0.725. The molecule has 0 aromatic carbocycles. The Morgan fingerprint density at radius 2 is 1.95 bits per heavy atom. The Hall–Kier alpha value is -2.05. The van der Waals surface area contributed by atoms with Crippen molar-refractivity contribution in [1.29, 1.82) is 0 Å². The maximum absolute atomic E-state index is 12.2. The van der Waals surface area contributed by atoms with Crippen molar-refractivity contribution in [3.8, 4) is 0 Å². The number of ether oxygens (including phenoxy) is 1. The van der Waals surface area contributed by atoms with Crippen LogP contribution in [0.3, 0.4) is 0 Å². The molecule has 118 valence electrons. The molecule has 0 aliphatic carbocycles. The summed E-state index contributed by atoms with van der Waals surface area (Å²) >= 11 is 0. The number of alkyl carbamates (subject to hydrolysis) is 1. The average molecular weight is 297 g/mol. The van der Waals surface area contributed by atoms with E-state index < -0.39 is 17.7 Å². The fourth-order valence-electron chi connectivity index (χ4n) is 1.60. The summed E-state index contributed by atoms with van der Waals surface area (Å²) in [5.74, 6) is 0.426. The molecule has 0 saturated heterocycles. The molecule has 1 unspecified atom stereocenters. The summed E-state index contributed by atoms with van der Waals surface area (Å²) < 4.78 is 10.0. The van der Waals surface area contributed by atoms with Crippen LogP contribution in [-0.4, -0.2) is 28.8 Å².